The topological polar surface area (TPSA) is 40.7 Å². The maximum absolute atomic E-state index is 5.86. The lowest BCUT2D eigenvalue weighted by Gasteiger charge is -1.96. The number of anilines is 1. The first-order valence-electron chi connectivity index (χ1n) is 4.68. The molecular weight excluding hydrogens is 198 g/mol. The van der Waals surface area contributed by atoms with E-state index in [1.807, 2.05) is 18.2 Å². The molecule has 0 saturated heterocycles. The van der Waals surface area contributed by atoms with Crippen molar-refractivity contribution in [2.45, 2.75) is 13.3 Å². The monoisotopic (exact) mass is 209 g/mol. The molecule has 3 nitrogen and oxygen atoms in total. The van der Waals surface area contributed by atoms with Crippen molar-refractivity contribution >= 4 is 28.6 Å². The van der Waals surface area contributed by atoms with Crippen molar-refractivity contribution in [1.29, 1.82) is 0 Å². The molecule has 0 aliphatic rings. The molecule has 14 heavy (non-hydrogen) atoms. The highest BCUT2D eigenvalue weighted by Crippen LogP contribution is 2.18. The maximum Gasteiger partial charge on any atom is 0.201 e. The Labute approximate surface area is 87.5 Å². The normalized spacial score (nSPS) is 10.7. The second kappa shape index (κ2) is 3.88. The van der Waals surface area contributed by atoms with Crippen molar-refractivity contribution in [1.82, 2.24) is 9.97 Å². The smallest absolute Gasteiger partial charge is 0.201 e. The van der Waals surface area contributed by atoms with Crippen molar-refractivity contribution in [2.75, 3.05) is 11.9 Å². The van der Waals surface area contributed by atoms with Gasteiger partial charge in [-0.05, 0) is 24.6 Å². The number of benzene rings is 1. The fourth-order valence-electron chi connectivity index (χ4n) is 1.31. The van der Waals surface area contributed by atoms with Crippen LogP contribution in [0.5, 0.6) is 0 Å². The van der Waals surface area contributed by atoms with Crippen molar-refractivity contribution in [3.8, 4) is 0 Å². The van der Waals surface area contributed by atoms with Crippen LogP contribution in [0.25, 0.3) is 11.0 Å². The zero-order valence-electron chi connectivity index (χ0n) is 7.97. The molecule has 0 aliphatic heterocycles. The average molecular weight is 210 g/mol. The van der Waals surface area contributed by atoms with Gasteiger partial charge in [0.05, 0.1) is 11.0 Å². The Hall–Kier alpha value is -1.22. The summed E-state index contributed by atoms with van der Waals surface area (Å²) in [6.07, 6.45) is 1.08. The molecule has 4 heteroatoms. The van der Waals surface area contributed by atoms with Crippen molar-refractivity contribution in [3.63, 3.8) is 0 Å². The Bertz CT molecular complexity index is 436. The summed E-state index contributed by atoms with van der Waals surface area (Å²) in [6.45, 7) is 3.04. The van der Waals surface area contributed by atoms with Crippen LogP contribution >= 0.6 is 11.6 Å². The number of hydrogen-bond acceptors (Lipinski definition) is 2. The van der Waals surface area contributed by atoms with Crippen molar-refractivity contribution < 1.29 is 0 Å². The molecule has 0 bridgehead atoms. The molecule has 74 valence electrons. The van der Waals surface area contributed by atoms with E-state index in [2.05, 4.69) is 22.2 Å². The van der Waals surface area contributed by atoms with Gasteiger partial charge in [0.25, 0.3) is 0 Å². The fraction of sp³-hybridized carbons (Fsp3) is 0.300. The molecule has 2 N–H and O–H groups in total. The lowest BCUT2D eigenvalue weighted by atomic mass is 10.3. The van der Waals surface area contributed by atoms with Gasteiger partial charge in [0.15, 0.2) is 0 Å². The van der Waals surface area contributed by atoms with Gasteiger partial charge in [-0.25, -0.2) is 4.98 Å². The molecule has 1 aromatic carbocycles. The standard InChI is InChI=1S/C10H12ClN3/c1-2-5-12-10-13-8-4-3-7(11)6-9(8)14-10/h3-4,6H,2,5H2,1H3,(H2,12,13,14). The summed E-state index contributed by atoms with van der Waals surface area (Å²) in [5.74, 6) is 0.809. The molecule has 0 fully saturated rings. The van der Waals surface area contributed by atoms with Crippen molar-refractivity contribution in [2.24, 2.45) is 0 Å². The molecule has 0 unspecified atom stereocenters. The Morgan fingerprint density at radius 1 is 1.50 bits per heavy atom. The second-order valence-electron chi connectivity index (χ2n) is 3.17. The minimum absolute atomic E-state index is 0.725. The van der Waals surface area contributed by atoms with Crippen LogP contribution in [0.15, 0.2) is 18.2 Å². The third kappa shape index (κ3) is 1.82. The summed E-state index contributed by atoms with van der Waals surface area (Å²) in [5, 5.41) is 3.92. The predicted molar refractivity (Wildman–Crippen MR) is 59.9 cm³/mol. The zero-order chi connectivity index (χ0) is 9.97. The number of aromatic nitrogens is 2. The maximum atomic E-state index is 5.86. The van der Waals surface area contributed by atoms with Crippen LogP contribution in [0.2, 0.25) is 5.02 Å². The summed E-state index contributed by atoms with van der Waals surface area (Å²) in [4.78, 5) is 7.53. The van der Waals surface area contributed by atoms with E-state index in [1.54, 1.807) is 0 Å². The van der Waals surface area contributed by atoms with Gasteiger partial charge < -0.3 is 10.3 Å². The average Bonchev–Trinajstić information content (AvgIpc) is 2.56. The van der Waals surface area contributed by atoms with Crippen LogP contribution in [-0.2, 0) is 0 Å². The van der Waals surface area contributed by atoms with E-state index < -0.39 is 0 Å². The second-order valence-corrected chi connectivity index (χ2v) is 3.61. The largest absolute Gasteiger partial charge is 0.356 e. The minimum Gasteiger partial charge on any atom is -0.356 e. The first kappa shape index (κ1) is 9.34. The molecule has 1 aromatic heterocycles. The van der Waals surface area contributed by atoms with E-state index >= 15 is 0 Å². The van der Waals surface area contributed by atoms with Crippen LogP contribution in [0, 0.1) is 0 Å². The van der Waals surface area contributed by atoms with Crippen molar-refractivity contribution in [3.05, 3.63) is 23.2 Å². The van der Waals surface area contributed by atoms with E-state index in [4.69, 9.17) is 11.6 Å². The van der Waals surface area contributed by atoms with Gasteiger partial charge in [-0.3, -0.25) is 0 Å². The third-order valence-corrected chi connectivity index (χ3v) is 2.22. The quantitative estimate of drug-likeness (QED) is 0.816. The predicted octanol–water partition coefficient (Wildman–Crippen LogP) is 3.04. The van der Waals surface area contributed by atoms with E-state index in [0.717, 1.165) is 35.0 Å². The van der Waals surface area contributed by atoms with Crippen LogP contribution in [0.4, 0.5) is 5.95 Å². The van der Waals surface area contributed by atoms with Gasteiger partial charge in [0.2, 0.25) is 5.95 Å². The first-order valence-corrected chi connectivity index (χ1v) is 5.06. The van der Waals surface area contributed by atoms with E-state index in [-0.39, 0.29) is 0 Å². The molecular formula is C10H12ClN3. The fourth-order valence-corrected chi connectivity index (χ4v) is 1.48. The number of nitrogens with one attached hydrogen (secondary N) is 2. The van der Waals surface area contributed by atoms with Gasteiger partial charge in [-0.1, -0.05) is 18.5 Å². The summed E-state index contributed by atoms with van der Waals surface area (Å²) in [6, 6.07) is 5.63. The minimum atomic E-state index is 0.725. The Kier molecular flexibility index (Phi) is 2.59. The van der Waals surface area contributed by atoms with Crippen LogP contribution in [0.3, 0.4) is 0 Å². The number of rotatable bonds is 3. The summed E-state index contributed by atoms with van der Waals surface area (Å²) < 4.78 is 0. The van der Waals surface area contributed by atoms with Gasteiger partial charge in [0, 0.05) is 11.6 Å². The summed E-state index contributed by atoms with van der Waals surface area (Å²) in [7, 11) is 0. The van der Waals surface area contributed by atoms with Gasteiger partial charge in [-0.2, -0.15) is 0 Å². The molecule has 2 aromatic rings. The van der Waals surface area contributed by atoms with E-state index in [9.17, 15) is 0 Å². The zero-order valence-corrected chi connectivity index (χ0v) is 8.73. The molecule has 0 spiro atoms. The number of halogens is 1. The molecule has 2 rings (SSSR count). The molecule has 0 radical (unpaired) electrons. The number of imidazole rings is 1. The SMILES string of the molecule is CCCNc1nc2ccc(Cl)cc2[nH]1. The first-order chi connectivity index (χ1) is 6.79. The lowest BCUT2D eigenvalue weighted by Crippen LogP contribution is -2.00. The number of fused-ring (bicyclic) bond motifs is 1. The summed E-state index contributed by atoms with van der Waals surface area (Å²) >= 11 is 5.86. The van der Waals surface area contributed by atoms with Gasteiger partial charge in [0.1, 0.15) is 0 Å². The molecule has 0 atom stereocenters. The van der Waals surface area contributed by atoms with Gasteiger partial charge in [-0.15, -0.1) is 0 Å². The highest BCUT2D eigenvalue weighted by atomic mass is 35.5. The van der Waals surface area contributed by atoms with Gasteiger partial charge >= 0.3 is 0 Å². The Morgan fingerprint density at radius 2 is 2.36 bits per heavy atom. The van der Waals surface area contributed by atoms with Crippen LogP contribution in [-0.4, -0.2) is 16.5 Å². The highest BCUT2D eigenvalue weighted by Gasteiger charge is 2.01. The number of aromatic amines is 1. The lowest BCUT2D eigenvalue weighted by molar-refractivity contribution is 0.964. The Morgan fingerprint density at radius 3 is 3.14 bits per heavy atom. The van der Waals surface area contributed by atoms with Crippen LogP contribution in [0.1, 0.15) is 13.3 Å². The molecule has 0 amide bonds. The Balaban J connectivity index is 2.32. The highest BCUT2D eigenvalue weighted by molar-refractivity contribution is 6.31. The van der Waals surface area contributed by atoms with E-state index in [1.165, 1.54) is 0 Å². The number of nitrogens with zero attached hydrogens (tertiary/aromatic N) is 1. The third-order valence-electron chi connectivity index (χ3n) is 1.99. The number of H-pyrrole nitrogens is 1. The van der Waals surface area contributed by atoms with Crippen LogP contribution < -0.4 is 5.32 Å². The van der Waals surface area contributed by atoms with E-state index in [0.29, 0.717) is 0 Å². The number of hydrogen-bond donors (Lipinski definition) is 2. The molecule has 0 aliphatic carbocycles. The molecule has 1 heterocycles. The molecule has 0 saturated carbocycles. The summed E-state index contributed by atoms with van der Waals surface area (Å²) in [5.41, 5.74) is 1.91.